The van der Waals surface area contributed by atoms with Crippen LogP contribution in [0.3, 0.4) is 0 Å². The van der Waals surface area contributed by atoms with Gasteiger partial charge in [-0.3, -0.25) is 9.59 Å². The third-order valence-corrected chi connectivity index (χ3v) is 6.65. The summed E-state index contributed by atoms with van der Waals surface area (Å²) in [5.41, 5.74) is 2.99. The second-order valence-corrected chi connectivity index (χ2v) is 8.74. The van der Waals surface area contributed by atoms with Crippen LogP contribution in [0.2, 0.25) is 5.02 Å². The van der Waals surface area contributed by atoms with Crippen LogP contribution in [-0.4, -0.2) is 44.0 Å². The molecule has 0 fully saturated rings. The van der Waals surface area contributed by atoms with Gasteiger partial charge in [-0.05, 0) is 58.8 Å². The largest absolute Gasteiger partial charge is 0.493 e. The van der Waals surface area contributed by atoms with Crippen molar-refractivity contribution >= 4 is 34.8 Å². The van der Waals surface area contributed by atoms with Crippen molar-refractivity contribution in [2.24, 2.45) is 0 Å². The van der Waals surface area contributed by atoms with Crippen LogP contribution in [0.25, 0.3) is 0 Å². The van der Waals surface area contributed by atoms with Crippen molar-refractivity contribution in [2.75, 3.05) is 27.3 Å². The lowest BCUT2D eigenvalue weighted by Gasteiger charge is -2.38. The molecule has 1 atom stereocenters. The average molecular weight is 471 g/mol. The number of amides is 2. The fourth-order valence-electron chi connectivity index (χ4n) is 3.97. The lowest BCUT2D eigenvalue weighted by Crippen LogP contribution is -2.45. The fourth-order valence-corrected chi connectivity index (χ4v) is 4.74. The standard InChI is InChI=1S/C24H23ClN2O4S/c1-30-19-12-16-9-10-27(22(28)14-26-24(29)21-4-3-11-32-21)23(18(16)13-20(19)31-2)15-5-7-17(25)8-6-15/h3-8,11-13,23H,9-10,14H2,1-2H3,(H,26,29). The molecule has 0 bridgehead atoms. The highest BCUT2D eigenvalue weighted by Gasteiger charge is 2.33. The zero-order valence-corrected chi connectivity index (χ0v) is 19.3. The van der Waals surface area contributed by atoms with Gasteiger partial charge in [-0.15, -0.1) is 11.3 Å². The Labute approximate surface area is 195 Å². The second-order valence-electron chi connectivity index (χ2n) is 7.36. The first-order valence-electron chi connectivity index (χ1n) is 10.1. The van der Waals surface area contributed by atoms with E-state index in [1.807, 2.05) is 41.8 Å². The molecule has 6 nitrogen and oxygen atoms in total. The first kappa shape index (κ1) is 22.2. The van der Waals surface area contributed by atoms with Crippen molar-refractivity contribution in [1.82, 2.24) is 10.2 Å². The highest BCUT2D eigenvalue weighted by Crippen LogP contribution is 2.41. The van der Waals surface area contributed by atoms with Gasteiger partial charge >= 0.3 is 0 Å². The van der Waals surface area contributed by atoms with Gasteiger partial charge in [0.25, 0.3) is 5.91 Å². The van der Waals surface area contributed by atoms with Gasteiger partial charge in [0.15, 0.2) is 11.5 Å². The maximum absolute atomic E-state index is 13.2. The first-order valence-corrected chi connectivity index (χ1v) is 11.4. The van der Waals surface area contributed by atoms with Crippen LogP contribution in [-0.2, 0) is 11.2 Å². The van der Waals surface area contributed by atoms with Crippen molar-refractivity contribution in [3.05, 3.63) is 80.5 Å². The molecule has 32 heavy (non-hydrogen) atoms. The summed E-state index contributed by atoms with van der Waals surface area (Å²) in [6, 6.07) is 14.6. The monoisotopic (exact) mass is 470 g/mol. The number of carbonyl (C=O) groups excluding carboxylic acids is 2. The molecule has 1 unspecified atom stereocenters. The van der Waals surface area contributed by atoms with Gasteiger partial charge < -0.3 is 19.7 Å². The fraction of sp³-hybridized carbons (Fsp3) is 0.250. The lowest BCUT2D eigenvalue weighted by atomic mass is 9.87. The molecule has 2 amide bonds. The molecular weight excluding hydrogens is 448 g/mol. The molecule has 2 heterocycles. The number of hydrogen-bond acceptors (Lipinski definition) is 5. The highest BCUT2D eigenvalue weighted by molar-refractivity contribution is 7.12. The molecule has 0 radical (unpaired) electrons. The van der Waals surface area contributed by atoms with E-state index >= 15 is 0 Å². The number of fused-ring (bicyclic) bond motifs is 1. The number of methoxy groups -OCH3 is 2. The molecule has 2 aromatic carbocycles. The van der Waals surface area contributed by atoms with Crippen molar-refractivity contribution < 1.29 is 19.1 Å². The molecule has 0 aliphatic carbocycles. The molecule has 4 rings (SSSR count). The van der Waals surface area contributed by atoms with E-state index in [2.05, 4.69) is 5.32 Å². The van der Waals surface area contributed by atoms with Crippen LogP contribution < -0.4 is 14.8 Å². The summed E-state index contributed by atoms with van der Waals surface area (Å²) in [6.07, 6.45) is 0.671. The van der Waals surface area contributed by atoms with Gasteiger partial charge in [-0.25, -0.2) is 0 Å². The van der Waals surface area contributed by atoms with Gasteiger partial charge in [0.05, 0.1) is 31.7 Å². The van der Waals surface area contributed by atoms with Crippen LogP contribution in [0.1, 0.15) is 32.4 Å². The normalized spacial score (nSPS) is 15.1. The van der Waals surface area contributed by atoms with E-state index in [1.165, 1.54) is 11.3 Å². The van der Waals surface area contributed by atoms with Crippen molar-refractivity contribution in [2.45, 2.75) is 12.5 Å². The van der Waals surface area contributed by atoms with Crippen LogP contribution in [0.4, 0.5) is 0 Å². The van der Waals surface area contributed by atoms with Gasteiger partial charge in [-0.1, -0.05) is 29.8 Å². The lowest BCUT2D eigenvalue weighted by molar-refractivity contribution is -0.132. The van der Waals surface area contributed by atoms with Crippen LogP contribution in [0.15, 0.2) is 53.9 Å². The summed E-state index contributed by atoms with van der Waals surface area (Å²) in [5.74, 6) is 0.852. The van der Waals surface area contributed by atoms with Crippen molar-refractivity contribution in [3.63, 3.8) is 0 Å². The molecule has 166 valence electrons. The minimum Gasteiger partial charge on any atom is -0.493 e. The molecule has 0 saturated carbocycles. The van der Waals surface area contributed by atoms with Crippen LogP contribution in [0, 0.1) is 0 Å². The Balaban J connectivity index is 1.66. The van der Waals surface area contributed by atoms with E-state index in [0.717, 1.165) is 16.7 Å². The van der Waals surface area contributed by atoms with E-state index in [1.54, 1.807) is 31.3 Å². The maximum Gasteiger partial charge on any atom is 0.261 e. The summed E-state index contributed by atoms with van der Waals surface area (Å²) < 4.78 is 11.0. The Morgan fingerprint density at radius 3 is 2.50 bits per heavy atom. The van der Waals surface area contributed by atoms with E-state index < -0.39 is 0 Å². The van der Waals surface area contributed by atoms with E-state index in [-0.39, 0.29) is 24.4 Å². The number of halogens is 1. The van der Waals surface area contributed by atoms with Crippen molar-refractivity contribution in [3.8, 4) is 11.5 Å². The molecule has 8 heteroatoms. The minimum atomic E-state index is -0.332. The molecule has 1 aromatic heterocycles. The molecule has 1 N–H and O–H groups in total. The van der Waals surface area contributed by atoms with Gasteiger partial charge in [0, 0.05) is 11.6 Å². The number of ether oxygens (including phenoxy) is 2. The Bertz CT molecular complexity index is 1120. The quantitative estimate of drug-likeness (QED) is 0.582. The van der Waals surface area contributed by atoms with Gasteiger partial charge in [0.1, 0.15) is 0 Å². The summed E-state index contributed by atoms with van der Waals surface area (Å²) in [5, 5.41) is 5.20. The number of benzene rings is 2. The van der Waals surface area contributed by atoms with Gasteiger partial charge in [0.2, 0.25) is 5.91 Å². The Morgan fingerprint density at radius 1 is 1.12 bits per heavy atom. The zero-order chi connectivity index (χ0) is 22.7. The van der Waals surface area contributed by atoms with E-state index in [9.17, 15) is 9.59 Å². The Morgan fingerprint density at radius 2 is 1.84 bits per heavy atom. The average Bonchev–Trinajstić information content (AvgIpc) is 3.36. The predicted molar refractivity (Wildman–Crippen MR) is 125 cm³/mol. The van der Waals surface area contributed by atoms with Crippen molar-refractivity contribution in [1.29, 1.82) is 0 Å². The molecule has 1 aliphatic rings. The number of nitrogens with one attached hydrogen (secondary N) is 1. The third-order valence-electron chi connectivity index (χ3n) is 5.52. The maximum atomic E-state index is 13.2. The van der Waals surface area contributed by atoms with E-state index in [4.69, 9.17) is 21.1 Å². The smallest absolute Gasteiger partial charge is 0.261 e. The second kappa shape index (κ2) is 9.63. The summed E-state index contributed by atoms with van der Waals surface area (Å²) in [4.78, 5) is 27.9. The number of thiophene rings is 1. The Kier molecular flexibility index (Phi) is 6.67. The highest BCUT2D eigenvalue weighted by atomic mass is 35.5. The van der Waals surface area contributed by atoms with Crippen LogP contribution >= 0.6 is 22.9 Å². The summed E-state index contributed by atoms with van der Waals surface area (Å²) in [7, 11) is 3.20. The third kappa shape index (κ3) is 4.45. The first-order chi connectivity index (χ1) is 15.5. The number of nitrogens with zero attached hydrogens (tertiary/aromatic N) is 1. The molecule has 0 saturated heterocycles. The zero-order valence-electron chi connectivity index (χ0n) is 17.8. The molecule has 1 aliphatic heterocycles. The number of hydrogen-bond donors (Lipinski definition) is 1. The topological polar surface area (TPSA) is 67.9 Å². The minimum absolute atomic E-state index is 0.0799. The SMILES string of the molecule is COc1cc2c(cc1OC)C(c1ccc(Cl)cc1)N(C(=O)CNC(=O)c1cccs1)CC2. The van der Waals surface area contributed by atoms with Crippen LogP contribution in [0.5, 0.6) is 11.5 Å². The molecule has 0 spiro atoms. The molecular formula is C24H23ClN2O4S. The number of carbonyl (C=O) groups is 2. The summed E-state index contributed by atoms with van der Waals surface area (Å²) >= 11 is 7.45. The van der Waals surface area contributed by atoms with E-state index in [0.29, 0.717) is 34.4 Å². The Hall–Kier alpha value is -3.03. The van der Waals surface area contributed by atoms with Gasteiger partial charge in [-0.2, -0.15) is 0 Å². The summed E-state index contributed by atoms with van der Waals surface area (Å²) in [6.45, 7) is 0.437. The molecule has 3 aromatic rings. The number of rotatable bonds is 6. The predicted octanol–water partition coefficient (Wildman–Crippen LogP) is 4.32.